The molecule has 3 rings (SSSR count). The van der Waals surface area contributed by atoms with E-state index in [0.717, 1.165) is 36.9 Å². The van der Waals surface area contributed by atoms with Crippen LogP contribution in [0.3, 0.4) is 0 Å². The van der Waals surface area contributed by atoms with Gasteiger partial charge in [0.2, 0.25) is 11.8 Å². The zero-order chi connectivity index (χ0) is 17.7. The first-order chi connectivity index (χ1) is 12.0. The monoisotopic (exact) mass is 346 g/mol. The van der Waals surface area contributed by atoms with Gasteiger partial charge in [-0.15, -0.1) is 0 Å². The summed E-state index contributed by atoms with van der Waals surface area (Å²) in [5, 5.41) is 5.75. The molecular formula is C19H26N2O4. The minimum absolute atomic E-state index is 0.0286. The summed E-state index contributed by atoms with van der Waals surface area (Å²) in [6, 6.07) is 7.35. The van der Waals surface area contributed by atoms with Crippen molar-refractivity contribution in [2.75, 3.05) is 25.1 Å². The maximum absolute atomic E-state index is 12.1. The van der Waals surface area contributed by atoms with E-state index in [1.165, 1.54) is 6.92 Å². The van der Waals surface area contributed by atoms with Gasteiger partial charge in [0.15, 0.2) is 5.79 Å². The van der Waals surface area contributed by atoms with Crippen molar-refractivity contribution in [2.45, 2.75) is 44.8 Å². The molecule has 2 N–H and O–H groups in total. The molecule has 0 radical (unpaired) electrons. The van der Waals surface area contributed by atoms with E-state index in [0.29, 0.717) is 32.1 Å². The van der Waals surface area contributed by atoms with Crippen molar-refractivity contribution < 1.29 is 19.1 Å². The van der Waals surface area contributed by atoms with Crippen molar-refractivity contribution in [1.29, 1.82) is 0 Å². The van der Waals surface area contributed by atoms with Crippen LogP contribution in [0.2, 0.25) is 0 Å². The molecule has 0 bridgehead atoms. The van der Waals surface area contributed by atoms with Crippen molar-refractivity contribution in [3.8, 4) is 0 Å². The molecule has 1 aliphatic carbocycles. The Hall–Kier alpha value is -1.92. The van der Waals surface area contributed by atoms with Crippen molar-refractivity contribution in [3.63, 3.8) is 0 Å². The zero-order valence-corrected chi connectivity index (χ0v) is 14.7. The molecule has 1 saturated carbocycles. The molecule has 1 saturated heterocycles. The van der Waals surface area contributed by atoms with E-state index in [1.54, 1.807) is 0 Å². The highest BCUT2D eigenvalue weighted by molar-refractivity contribution is 5.88. The Morgan fingerprint density at radius 3 is 2.36 bits per heavy atom. The molecule has 0 atom stereocenters. The molecule has 1 spiro atoms. The Kier molecular flexibility index (Phi) is 5.71. The number of carbonyl (C=O) groups is 2. The van der Waals surface area contributed by atoms with Gasteiger partial charge in [-0.05, 0) is 36.5 Å². The Morgan fingerprint density at radius 1 is 1.12 bits per heavy atom. The molecule has 1 aliphatic heterocycles. The Bertz CT molecular complexity index is 598. The van der Waals surface area contributed by atoms with Crippen LogP contribution in [0.4, 0.5) is 5.69 Å². The molecule has 0 unspecified atom stereocenters. The maximum Gasteiger partial charge on any atom is 0.224 e. The highest BCUT2D eigenvalue weighted by Gasteiger charge is 2.40. The lowest BCUT2D eigenvalue weighted by atomic mass is 9.85. The topological polar surface area (TPSA) is 76.7 Å². The highest BCUT2D eigenvalue weighted by atomic mass is 16.7. The average Bonchev–Trinajstić information content (AvgIpc) is 3.04. The van der Waals surface area contributed by atoms with E-state index < -0.39 is 0 Å². The molecule has 25 heavy (non-hydrogen) atoms. The number of hydrogen-bond donors (Lipinski definition) is 2. The van der Waals surface area contributed by atoms with Crippen LogP contribution in [-0.4, -0.2) is 37.4 Å². The third-order valence-corrected chi connectivity index (χ3v) is 4.91. The molecule has 6 heteroatoms. The number of rotatable bonds is 5. The summed E-state index contributed by atoms with van der Waals surface area (Å²) in [7, 11) is 0. The standard InChI is InChI=1S/C19H26N2O4/c1-14(22)21-17-4-2-15(3-5-17)12-18(23)20-13-16-6-8-19(9-7-16)24-10-11-25-19/h2-5,16H,6-13H2,1H3,(H,20,23)(H,21,22). The highest BCUT2D eigenvalue weighted by Crippen LogP contribution is 2.37. The zero-order valence-electron chi connectivity index (χ0n) is 14.7. The quantitative estimate of drug-likeness (QED) is 0.857. The molecule has 136 valence electrons. The van der Waals surface area contributed by atoms with Crippen LogP contribution in [0.1, 0.15) is 38.2 Å². The summed E-state index contributed by atoms with van der Waals surface area (Å²) in [5.74, 6) is 0.0782. The van der Waals surface area contributed by atoms with Crippen LogP contribution in [0.15, 0.2) is 24.3 Å². The Balaban J connectivity index is 1.39. The van der Waals surface area contributed by atoms with E-state index in [1.807, 2.05) is 24.3 Å². The third kappa shape index (κ3) is 5.03. The van der Waals surface area contributed by atoms with Crippen LogP contribution in [0.5, 0.6) is 0 Å². The first-order valence-electron chi connectivity index (χ1n) is 8.96. The largest absolute Gasteiger partial charge is 0.356 e. The fourth-order valence-corrected chi connectivity index (χ4v) is 3.52. The summed E-state index contributed by atoms with van der Waals surface area (Å²) in [6.07, 6.45) is 4.22. The van der Waals surface area contributed by atoms with Crippen LogP contribution >= 0.6 is 0 Å². The van der Waals surface area contributed by atoms with Crippen LogP contribution in [-0.2, 0) is 25.5 Å². The second kappa shape index (κ2) is 7.97. The summed E-state index contributed by atoms with van der Waals surface area (Å²) >= 11 is 0. The molecule has 0 aromatic heterocycles. The smallest absolute Gasteiger partial charge is 0.224 e. The lowest BCUT2D eigenvalue weighted by Gasteiger charge is -2.35. The third-order valence-electron chi connectivity index (χ3n) is 4.91. The summed E-state index contributed by atoms with van der Waals surface area (Å²) in [5.41, 5.74) is 1.67. The van der Waals surface area contributed by atoms with Gasteiger partial charge in [0.05, 0.1) is 19.6 Å². The summed E-state index contributed by atoms with van der Waals surface area (Å²) in [4.78, 5) is 23.1. The number of ether oxygens (including phenoxy) is 2. The number of anilines is 1. The van der Waals surface area contributed by atoms with Crippen molar-refractivity contribution in [2.24, 2.45) is 5.92 Å². The fourth-order valence-electron chi connectivity index (χ4n) is 3.52. The lowest BCUT2D eigenvalue weighted by molar-refractivity contribution is -0.182. The summed E-state index contributed by atoms with van der Waals surface area (Å²) < 4.78 is 11.5. The van der Waals surface area contributed by atoms with Gasteiger partial charge in [-0.2, -0.15) is 0 Å². The van der Waals surface area contributed by atoms with Crippen molar-refractivity contribution in [1.82, 2.24) is 5.32 Å². The van der Waals surface area contributed by atoms with E-state index in [4.69, 9.17) is 9.47 Å². The molecule has 6 nitrogen and oxygen atoms in total. The van der Waals surface area contributed by atoms with E-state index in [-0.39, 0.29) is 17.6 Å². The van der Waals surface area contributed by atoms with Crippen molar-refractivity contribution in [3.05, 3.63) is 29.8 Å². The molecule has 2 fully saturated rings. The maximum atomic E-state index is 12.1. The van der Waals surface area contributed by atoms with Gasteiger partial charge in [-0.1, -0.05) is 12.1 Å². The van der Waals surface area contributed by atoms with Gasteiger partial charge in [0.1, 0.15) is 0 Å². The Morgan fingerprint density at radius 2 is 1.76 bits per heavy atom. The van der Waals surface area contributed by atoms with Crippen LogP contribution < -0.4 is 10.6 Å². The predicted octanol–water partition coefficient (Wildman–Crippen LogP) is 2.24. The number of amides is 2. The van der Waals surface area contributed by atoms with Crippen LogP contribution in [0.25, 0.3) is 0 Å². The molecule has 1 aromatic carbocycles. The normalized spacial score (nSPS) is 19.7. The molecule has 1 aromatic rings. The summed E-state index contributed by atoms with van der Waals surface area (Å²) in [6.45, 7) is 3.57. The fraction of sp³-hybridized carbons (Fsp3) is 0.579. The first-order valence-corrected chi connectivity index (χ1v) is 8.96. The van der Waals surface area contributed by atoms with Crippen molar-refractivity contribution >= 4 is 17.5 Å². The second-order valence-corrected chi connectivity index (χ2v) is 6.91. The minimum atomic E-state index is -0.337. The van der Waals surface area contributed by atoms with Gasteiger partial charge in [-0.25, -0.2) is 0 Å². The lowest BCUT2D eigenvalue weighted by Crippen LogP contribution is -2.39. The van der Waals surface area contributed by atoms with Gasteiger partial charge >= 0.3 is 0 Å². The molecule has 2 aliphatic rings. The molecule has 1 heterocycles. The van der Waals surface area contributed by atoms with E-state index in [2.05, 4.69) is 10.6 Å². The Labute approximate surface area is 148 Å². The predicted molar refractivity (Wildman–Crippen MR) is 94.1 cm³/mol. The van der Waals surface area contributed by atoms with Gasteiger partial charge in [-0.3, -0.25) is 9.59 Å². The average molecular weight is 346 g/mol. The number of hydrogen-bond acceptors (Lipinski definition) is 4. The number of nitrogens with one attached hydrogen (secondary N) is 2. The van der Waals surface area contributed by atoms with Gasteiger partial charge < -0.3 is 20.1 Å². The SMILES string of the molecule is CC(=O)Nc1ccc(CC(=O)NCC2CCC3(CC2)OCCO3)cc1. The molecular weight excluding hydrogens is 320 g/mol. The van der Waals surface area contributed by atoms with Gasteiger partial charge in [0, 0.05) is 32.0 Å². The van der Waals surface area contributed by atoms with Crippen LogP contribution in [0, 0.1) is 5.92 Å². The van der Waals surface area contributed by atoms with Gasteiger partial charge in [0.25, 0.3) is 0 Å². The van der Waals surface area contributed by atoms with E-state index in [9.17, 15) is 9.59 Å². The first kappa shape index (κ1) is 17.9. The second-order valence-electron chi connectivity index (χ2n) is 6.91. The molecule has 2 amide bonds. The minimum Gasteiger partial charge on any atom is -0.356 e. The number of benzene rings is 1. The van der Waals surface area contributed by atoms with E-state index >= 15 is 0 Å². The number of carbonyl (C=O) groups excluding carboxylic acids is 2.